The third-order valence-electron chi connectivity index (χ3n) is 6.03. The number of Topliss-reactive ketones (excluding diaryl/α,β-unsaturated/α-hetero) is 1. The van der Waals surface area contributed by atoms with E-state index in [-0.39, 0.29) is 23.6 Å². The summed E-state index contributed by atoms with van der Waals surface area (Å²) in [5.74, 6) is -0.333. The first-order chi connectivity index (χ1) is 15.0. The number of aliphatic hydroxyl groups is 1. The van der Waals surface area contributed by atoms with Gasteiger partial charge in [-0.1, -0.05) is 35.9 Å². The van der Waals surface area contributed by atoms with E-state index in [0.29, 0.717) is 28.4 Å². The SMILES string of the molecule is O=C(CC1(CO)CC1)c1ccc2c(-c3ccccc3Cl)nn(-c3ccc(F)cc3)c2c1. The molecule has 0 aliphatic heterocycles. The molecule has 1 saturated carbocycles. The van der Waals surface area contributed by atoms with Gasteiger partial charge in [-0.3, -0.25) is 4.79 Å². The molecule has 1 fully saturated rings. The summed E-state index contributed by atoms with van der Waals surface area (Å²) in [6, 6.07) is 19.0. The second-order valence-electron chi connectivity index (χ2n) is 8.21. The van der Waals surface area contributed by atoms with Gasteiger partial charge in [-0.2, -0.15) is 5.10 Å². The molecule has 0 amide bonds. The number of rotatable bonds is 6. The molecule has 0 atom stereocenters. The zero-order valence-corrected chi connectivity index (χ0v) is 17.4. The molecule has 1 aliphatic carbocycles. The third kappa shape index (κ3) is 3.64. The van der Waals surface area contributed by atoms with Crippen LogP contribution in [-0.2, 0) is 0 Å². The maximum Gasteiger partial charge on any atom is 0.163 e. The largest absolute Gasteiger partial charge is 0.396 e. The van der Waals surface area contributed by atoms with Gasteiger partial charge in [-0.25, -0.2) is 9.07 Å². The minimum atomic E-state index is -0.332. The van der Waals surface area contributed by atoms with Crippen LogP contribution in [0.1, 0.15) is 29.6 Å². The lowest BCUT2D eigenvalue weighted by molar-refractivity contribution is 0.0922. The molecule has 156 valence electrons. The summed E-state index contributed by atoms with van der Waals surface area (Å²) in [7, 11) is 0. The molecule has 6 heteroatoms. The van der Waals surface area contributed by atoms with Gasteiger partial charge >= 0.3 is 0 Å². The van der Waals surface area contributed by atoms with Crippen LogP contribution in [0.3, 0.4) is 0 Å². The molecule has 0 saturated heterocycles. The molecule has 0 spiro atoms. The second-order valence-corrected chi connectivity index (χ2v) is 8.61. The van der Waals surface area contributed by atoms with Gasteiger partial charge in [0, 0.05) is 35.0 Å². The number of aliphatic hydroxyl groups excluding tert-OH is 1. The maximum absolute atomic E-state index is 13.5. The number of ketones is 1. The molecule has 31 heavy (non-hydrogen) atoms. The molecule has 1 aliphatic rings. The quantitative estimate of drug-likeness (QED) is 0.388. The predicted octanol–water partition coefficient (Wildman–Crippen LogP) is 5.83. The maximum atomic E-state index is 13.5. The van der Waals surface area contributed by atoms with E-state index in [2.05, 4.69) is 0 Å². The fraction of sp³-hybridized carbons (Fsp3) is 0.200. The highest BCUT2D eigenvalue weighted by molar-refractivity contribution is 6.33. The highest BCUT2D eigenvalue weighted by Gasteiger charge is 2.43. The standard InChI is InChI=1S/C25H20ClFN2O2/c26-21-4-2-1-3-19(21)24-20-10-5-16(23(31)14-25(15-30)11-12-25)13-22(20)29(28-24)18-8-6-17(27)7-9-18/h1-10,13,30H,11-12,14-15H2. The molecule has 1 heterocycles. The number of nitrogens with zero attached hydrogens (tertiary/aromatic N) is 2. The summed E-state index contributed by atoms with van der Waals surface area (Å²) in [6.07, 6.45) is 2.08. The van der Waals surface area contributed by atoms with Crippen LogP contribution in [-0.4, -0.2) is 27.3 Å². The number of carbonyl (C=O) groups is 1. The first kappa shape index (κ1) is 19.9. The monoisotopic (exact) mass is 434 g/mol. The van der Waals surface area contributed by atoms with E-state index in [1.54, 1.807) is 22.9 Å². The van der Waals surface area contributed by atoms with E-state index in [4.69, 9.17) is 16.7 Å². The van der Waals surface area contributed by atoms with Crippen LogP contribution in [0.15, 0.2) is 66.7 Å². The lowest BCUT2D eigenvalue weighted by atomic mass is 9.95. The van der Waals surface area contributed by atoms with Gasteiger partial charge < -0.3 is 5.11 Å². The van der Waals surface area contributed by atoms with E-state index >= 15 is 0 Å². The van der Waals surface area contributed by atoms with Gasteiger partial charge in [0.1, 0.15) is 11.5 Å². The Morgan fingerprint density at radius 2 is 1.84 bits per heavy atom. The summed E-state index contributed by atoms with van der Waals surface area (Å²) in [4.78, 5) is 12.9. The van der Waals surface area contributed by atoms with Crippen LogP contribution in [0.2, 0.25) is 5.02 Å². The molecule has 1 N–H and O–H groups in total. The highest BCUT2D eigenvalue weighted by atomic mass is 35.5. The van der Waals surface area contributed by atoms with Crippen LogP contribution >= 0.6 is 11.6 Å². The van der Waals surface area contributed by atoms with Crippen LogP contribution in [0.5, 0.6) is 0 Å². The summed E-state index contributed by atoms with van der Waals surface area (Å²) in [5.41, 5.74) is 3.21. The lowest BCUT2D eigenvalue weighted by Gasteiger charge is -2.10. The van der Waals surface area contributed by atoms with Gasteiger partial charge in [-0.05, 0) is 55.3 Å². The van der Waals surface area contributed by atoms with Crippen molar-refractivity contribution in [2.75, 3.05) is 6.61 Å². The molecule has 0 bridgehead atoms. The second kappa shape index (κ2) is 7.59. The van der Waals surface area contributed by atoms with E-state index in [1.165, 1.54) is 12.1 Å². The Kier molecular flexibility index (Phi) is 4.88. The number of hydrogen-bond acceptors (Lipinski definition) is 3. The van der Waals surface area contributed by atoms with Crippen molar-refractivity contribution in [2.24, 2.45) is 5.41 Å². The summed E-state index contributed by atoms with van der Waals surface area (Å²) in [5, 5.41) is 15.8. The van der Waals surface area contributed by atoms with E-state index in [0.717, 1.165) is 29.3 Å². The molecule has 5 rings (SSSR count). The van der Waals surface area contributed by atoms with Crippen LogP contribution in [0, 0.1) is 11.2 Å². The Labute approximate surface area is 183 Å². The first-order valence-electron chi connectivity index (χ1n) is 10.2. The van der Waals surface area contributed by atoms with Gasteiger partial charge in [0.2, 0.25) is 0 Å². The van der Waals surface area contributed by atoms with E-state index in [9.17, 15) is 14.3 Å². The molecule has 3 aromatic carbocycles. The summed E-state index contributed by atoms with van der Waals surface area (Å²) >= 11 is 6.44. The van der Waals surface area contributed by atoms with Crippen molar-refractivity contribution < 1.29 is 14.3 Å². The average molecular weight is 435 g/mol. The van der Waals surface area contributed by atoms with Crippen LogP contribution in [0.25, 0.3) is 27.8 Å². The fourth-order valence-corrected chi connectivity index (χ4v) is 4.16. The van der Waals surface area contributed by atoms with Gasteiger partial charge in [0.25, 0.3) is 0 Å². The first-order valence-corrected chi connectivity index (χ1v) is 10.6. The minimum absolute atomic E-state index is 0.000371. The Balaban J connectivity index is 1.67. The van der Waals surface area contributed by atoms with Gasteiger partial charge in [0.05, 0.1) is 16.2 Å². The number of fused-ring (bicyclic) bond motifs is 1. The number of halogens is 2. The van der Waals surface area contributed by atoms with Crippen molar-refractivity contribution in [3.8, 4) is 16.9 Å². The average Bonchev–Trinajstić information content (AvgIpc) is 3.46. The van der Waals surface area contributed by atoms with Crippen molar-refractivity contribution in [2.45, 2.75) is 19.3 Å². The molecule has 4 nitrogen and oxygen atoms in total. The van der Waals surface area contributed by atoms with E-state index < -0.39 is 0 Å². The Bertz CT molecular complexity index is 1290. The topological polar surface area (TPSA) is 55.1 Å². The summed E-state index contributed by atoms with van der Waals surface area (Å²) in [6.45, 7) is 0.0329. The Morgan fingerprint density at radius 1 is 1.10 bits per heavy atom. The van der Waals surface area contributed by atoms with Crippen molar-refractivity contribution in [3.63, 3.8) is 0 Å². The predicted molar refractivity (Wildman–Crippen MR) is 119 cm³/mol. The molecule has 0 radical (unpaired) electrons. The zero-order valence-electron chi connectivity index (χ0n) is 16.7. The number of benzene rings is 3. The van der Waals surface area contributed by atoms with Crippen molar-refractivity contribution >= 4 is 28.3 Å². The smallest absolute Gasteiger partial charge is 0.163 e. The Hall–Kier alpha value is -3.02. The number of carbonyl (C=O) groups excluding carboxylic acids is 1. The molecule has 0 unspecified atom stereocenters. The zero-order chi connectivity index (χ0) is 21.6. The number of aromatic nitrogens is 2. The van der Waals surface area contributed by atoms with Gasteiger partial charge in [-0.15, -0.1) is 0 Å². The minimum Gasteiger partial charge on any atom is -0.396 e. The van der Waals surface area contributed by atoms with Crippen molar-refractivity contribution in [1.29, 1.82) is 0 Å². The Morgan fingerprint density at radius 3 is 2.52 bits per heavy atom. The molecular weight excluding hydrogens is 415 g/mol. The van der Waals surface area contributed by atoms with Crippen LogP contribution < -0.4 is 0 Å². The summed E-state index contributed by atoms with van der Waals surface area (Å²) < 4.78 is 15.2. The lowest BCUT2D eigenvalue weighted by Crippen LogP contribution is -2.13. The third-order valence-corrected chi connectivity index (χ3v) is 6.36. The normalized spacial score (nSPS) is 14.7. The van der Waals surface area contributed by atoms with Crippen molar-refractivity contribution in [3.05, 3.63) is 83.1 Å². The number of hydrogen-bond donors (Lipinski definition) is 1. The molecule has 1 aromatic heterocycles. The molecule has 4 aromatic rings. The highest BCUT2D eigenvalue weighted by Crippen LogP contribution is 2.49. The fourth-order valence-electron chi connectivity index (χ4n) is 3.93. The van der Waals surface area contributed by atoms with Crippen molar-refractivity contribution in [1.82, 2.24) is 9.78 Å². The van der Waals surface area contributed by atoms with E-state index in [1.807, 2.05) is 36.4 Å². The van der Waals surface area contributed by atoms with Gasteiger partial charge in [0.15, 0.2) is 5.78 Å². The van der Waals surface area contributed by atoms with Crippen LogP contribution in [0.4, 0.5) is 4.39 Å². The molecular formula is C25H20ClFN2O2.